The number of alkyl halides is 4. The highest BCUT2D eigenvalue weighted by Crippen LogP contribution is 2.36. The molecule has 61 heavy (non-hydrogen) atoms. The Morgan fingerprint density at radius 3 is 1.67 bits per heavy atom. The second-order valence-corrected chi connectivity index (χ2v) is 15.6. The number of ether oxygens (including phenoxy) is 2. The van der Waals surface area contributed by atoms with E-state index in [-0.39, 0.29) is 36.2 Å². The van der Waals surface area contributed by atoms with Crippen molar-refractivity contribution >= 4 is 45.1 Å². The van der Waals surface area contributed by atoms with E-state index in [0.717, 1.165) is 5.56 Å². The molecule has 23 heteroatoms. The van der Waals surface area contributed by atoms with Crippen LogP contribution in [0.3, 0.4) is 0 Å². The minimum absolute atomic E-state index is 0.235. The van der Waals surface area contributed by atoms with Crippen molar-refractivity contribution in [2.75, 3.05) is 64.5 Å². The fraction of sp³-hybridized carbons (Fsp3) is 0.474. The van der Waals surface area contributed by atoms with Crippen molar-refractivity contribution in [3.8, 4) is 11.5 Å². The quantitative estimate of drug-likeness (QED) is 0.187. The maximum atomic E-state index is 13.4. The molecule has 2 spiro atoms. The van der Waals surface area contributed by atoms with Crippen molar-refractivity contribution in [3.05, 3.63) is 84.9 Å². The van der Waals surface area contributed by atoms with Gasteiger partial charge in [-0.3, -0.25) is 38.1 Å². The van der Waals surface area contributed by atoms with E-state index in [1.54, 1.807) is 35.8 Å². The number of carbonyl (C=O) groups is 2. The summed E-state index contributed by atoms with van der Waals surface area (Å²) in [5.74, 6) is 0.958. The summed E-state index contributed by atoms with van der Waals surface area (Å²) in [7, 11) is 2.99. The molecule has 5 N–H and O–H groups in total. The van der Waals surface area contributed by atoms with Gasteiger partial charge < -0.3 is 31.2 Å². The molecular formula is C38H45BrF4N12O6. The van der Waals surface area contributed by atoms with E-state index in [1.807, 2.05) is 0 Å². The normalized spacial score (nSPS) is 17.5. The number of amides is 2. The third kappa shape index (κ3) is 9.32. The number of likely N-dealkylation sites (tertiary alicyclic amines) is 2. The Morgan fingerprint density at radius 1 is 0.754 bits per heavy atom. The molecular weight excluding hydrogens is 876 g/mol. The van der Waals surface area contributed by atoms with Gasteiger partial charge in [0.05, 0.1) is 44.2 Å². The molecule has 0 saturated carbocycles. The summed E-state index contributed by atoms with van der Waals surface area (Å²) >= 11 is 3.23. The van der Waals surface area contributed by atoms with Crippen LogP contribution in [0.25, 0.3) is 0 Å². The zero-order chi connectivity index (χ0) is 44.2. The molecule has 4 aromatic rings. The van der Waals surface area contributed by atoms with Gasteiger partial charge in [-0.15, -0.1) is 0 Å². The van der Waals surface area contributed by atoms with Crippen LogP contribution in [-0.2, 0) is 11.3 Å². The number of carbonyl (C=O) groups excluding carboxylic acids is 2. The number of methoxy groups -OCH3 is 2. The van der Waals surface area contributed by atoms with Crippen molar-refractivity contribution in [2.24, 2.45) is 0 Å². The smallest absolute Gasteiger partial charge is 0.276 e. The largest absolute Gasteiger partial charge is 0.491 e. The third-order valence-electron chi connectivity index (χ3n) is 11.0. The van der Waals surface area contributed by atoms with Gasteiger partial charge in [0.15, 0.2) is 23.1 Å². The Morgan fingerprint density at radius 2 is 1.21 bits per heavy atom. The number of pyridine rings is 2. The molecule has 0 aliphatic carbocycles. The van der Waals surface area contributed by atoms with Crippen molar-refractivity contribution in [3.63, 3.8) is 0 Å². The van der Waals surface area contributed by atoms with Gasteiger partial charge in [-0.2, -0.15) is 0 Å². The topological polar surface area (TPSA) is 217 Å². The molecule has 18 nitrogen and oxygen atoms in total. The zero-order valence-corrected chi connectivity index (χ0v) is 35.3. The van der Waals surface area contributed by atoms with E-state index < -0.39 is 29.7 Å². The van der Waals surface area contributed by atoms with Crippen molar-refractivity contribution in [1.82, 2.24) is 49.5 Å². The van der Waals surface area contributed by atoms with E-state index in [1.165, 1.54) is 48.4 Å². The molecule has 8 rings (SSSR count). The summed E-state index contributed by atoms with van der Waals surface area (Å²) in [5.41, 5.74) is 5.21. The number of rotatable bonds is 8. The summed E-state index contributed by atoms with van der Waals surface area (Å²) in [6, 6.07) is 3.24. The maximum Gasteiger partial charge on any atom is 0.276 e. The molecule has 4 aliphatic heterocycles. The van der Waals surface area contributed by atoms with Gasteiger partial charge in [-0.1, -0.05) is 0 Å². The number of aromatic nitrogens is 6. The molecule has 0 atom stereocenters. The summed E-state index contributed by atoms with van der Waals surface area (Å²) < 4.78 is 63.8. The first kappa shape index (κ1) is 44.9. The predicted molar refractivity (Wildman–Crippen MR) is 218 cm³/mol. The van der Waals surface area contributed by atoms with Crippen LogP contribution in [0.1, 0.15) is 57.8 Å². The average Bonchev–Trinajstić information content (AvgIpc) is 3.68. The summed E-state index contributed by atoms with van der Waals surface area (Å²) in [4.78, 5) is 69.5. The molecule has 4 aromatic heterocycles. The molecule has 8 heterocycles. The van der Waals surface area contributed by atoms with E-state index >= 15 is 0 Å². The fourth-order valence-electron chi connectivity index (χ4n) is 8.04. The van der Waals surface area contributed by atoms with Crippen LogP contribution >= 0.6 is 15.9 Å². The monoisotopic (exact) mass is 920 g/mol. The minimum Gasteiger partial charge on any atom is -0.491 e. The van der Waals surface area contributed by atoms with Crippen LogP contribution in [0.15, 0.2) is 51.2 Å². The number of hydrogen-bond acceptors (Lipinski definition) is 14. The van der Waals surface area contributed by atoms with E-state index in [4.69, 9.17) is 15.2 Å². The second kappa shape index (κ2) is 18.5. The molecule has 0 radical (unpaired) electrons. The molecule has 2 amide bonds. The van der Waals surface area contributed by atoms with Crippen molar-refractivity contribution in [1.29, 1.82) is 0 Å². The SMILES string of the molecule is COc1cncnc1N.COc1cncnc1Nc1cc(C)c2n(c1=O)C1(CCN(CC(F)F)CC1)NC2=O.Cc1cc(Br)c(=O)n2c1C(=O)NC21CCN(CC(F)F)CC1. The number of nitrogens with one attached hydrogen (secondary N) is 3. The lowest BCUT2D eigenvalue weighted by Gasteiger charge is -2.40. The third-order valence-corrected chi connectivity index (χ3v) is 11.5. The Bertz CT molecular complexity index is 2390. The van der Waals surface area contributed by atoms with Gasteiger partial charge in [-0.25, -0.2) is 37.5 Å². The molecule has 0 aromatic carbocycles. The fourth-order valence-corrected chi connectivity index (χ4v) is 8.56. The Labute approximate surface area is 355 Å². The van der Waals surface area contributed by atoms with E-state index in [0.29, 0.717) is 96.4 Å². The summed E-state index contributed by atoms with van der Waals surface area (Å²) in [6.45, 7) is 4.48. The molecule has 0 bridgehead atoms. The van der Waals surface area contributed by atoms with Crippen molar-refractivity contribution < 1.29 is 36.6 Å². The Kier molecular flexibility index (Phi) is 13.6. The number of fused-ring (bicyclic) bond motifs is 4. The number of nitrogens with two attached hydrogens (primary N) is 1. The first-order valence-electron chi connectivity index (χ1n) is 19.1. The van der Waals surface area contributed by atoms with Gasteiger partial charge in [-0.05, 0) is 53.0 Å². The standard InChI is InChI=1S/C19H22F2N6O3.C14H16BrF2N3O2.C5H7N3O/c1-11-7-12(24-16-13(30-2)8-22-10-23-16)18(29)27-15(11)17(28)25-19(27)3-5-26(6-4-19)9-14(20)21;1-8-6-9(15)13(22)20-11(8)12(21)18-14(20)2-4-19(5-3-14)7-10(16)17;1-9-4-2-7-3-8-5(4)6/h7-8,10,14H,3-6,9H2,1-2H3,(H,25,28)(H,22,23,24);6,10H,2-5,7H2,1H3,(H,18,21);2-3H,1H3,(H2,6,7,8). The number of hydrogen-bond donors (Lipinski definition) is 4. The van der Waals surface area contributed by atoms with Crippen molar-refractivity contribution in [2.45, 2.75) is 63.7 Å². The van der Waals surface area contributed by atoms with Gasteiger partial charge in [0.2, 0.25) is 0 Å². The maximum absolute atomic E-state index is 13.4. The lowest BCUT2D eigenvalue weighted by atomic mass is 9.96. The van der Waals surface area contributed by atoms with Crippen LogP contribution in [0.4, 0.5) is 34.9 Å². The lowest BCUT2D eigenvalue weighted by Crippen LogP contribution is -2.55. The van der Waals surface area contributed by atoms with E-state index in [9.17, 15) is 36.7 Å². The highest BCUT2D eigenvalue weighted by molar-refractivity contribution is 9.10. The zero-order valence-electron chi connectivity index (χ0n) is 33.7. The molecule has 2 saturated heterocycles. The Balaban J connectivity index is 0.000000175. The summed E-state index contributed by atoms with van der Waals surface area (Å²) in [6.07, 6.45) is 2.48. The first-order valence-corrected chi connectivity index (χ1v) is 19.9. The molecule has 2 fully saturated rings. The predicted octanol–water partition coefficient (Wildman–Crippen LogP) is 3.20. The van der Waals surface area contributed by atoms with E-state index in [2.05, 4.69) is 51.8 Å². The number of anilines is 3. The van der Waals surface area contributed by atoms with Crippen LogP contribution < -0.4 is 42.3 Å². The highest BCUT2D eigenvalue weighted by atomic mass is 79.9. The lowest BCUT2D eigenvalue weighted by molar-refractivity contribution is 0.0390. The Hall–Kier alpha value is -5.68. The average molecular weight is 922 g/mol. The van der Waals surface area contributed by atoms with Gasteiger partial charge in [0, 0.05) is 51.9 Å². The van der Waals surface area contributed by atoms with Crippen LogP contribution in [0, 0.1) is 13.8 Å². The molecule has 328 valence electrons. The van der Waals surface area contributed by atoms with Crippen LogP contribution in [0.5, 0.6) is 11.5 Å². The summed E-state index contributed by atoms with van der Waals surface area (Å²) in [5, 5.41) is 8.82. The number of nitrogens with zero attached hydrogens (tertiary/aromatic N) is 8. The highest BCUT2D eigenvalue weighted by Gasteiger charge is 2.48. The van der Waals surface area contributed by atoms with Crippen LogP contribution in [-0.4, -0.2) is 117 Å². The molecule has 0 unspecified atom stereocenters. The second-order valence-electron chi connectivity index (χ2n) is 14.8. The molecule has 4 aliphatic rings. The number of aryl methyl sites for hydroxylation is 2. The van der Waals surface area contributed by atoms with Gasteiger partial charge in [0.1, 0.15) is 41.1 Å². The van der Waals surface area contributed by atoms with Gasteiger partial charge in [0.25, 0.3) is 35.8 Å². The van der Waals surface area contributed by atoms with Crippen LogP contribution in [0.2, 0.25) is 0 Å². The number of nitrogen functional groups attached to an aromatic ring is 1. The number of halogens is 5. The van der Waals surface area contributed by atoms with Gasteiger partial charge >= 0.3 is 0 Å². The minimum atomic E-state index is -2.42. The number of piperidine rings is 2. The first-order chi connectivity index (χ1) is 29.0.